The number of hydrogen-bond donors (Lipinski definition) is 2. The zero-order valence-electron chi connectivity index (χ0n) is 20.0. The Bertz CT molecular complexity index is 1140. The van der Waals surface area contributed by atoms with E-state index < -0.39 is 16.1 Å². The van der Waals surface area contributed by atoms with Crippen LogP contribution in [0.1, 0.15) is 37.8 Å². The number of halogens is 1. The molecule has 0 radical (unpaired) electrons. The second-order valence-electron chi connectivity index (χ2n) is 9.17. The number of aryl methyl sites for hydroxylation is 2. The van der Waals surface area contributed by atoms with Crippen molar-refractivity contribution >= 4 is 39.1 Å². The smallest absolute Gasteiger partial charge is 0.247 e. The molecule has 0 saturated carbocycles. The molecule has 1 saturated heterocycles. The van der Waals surface area contributed by atoms with Gasteiger partial charge in [0.2, 0.25) is 21.8 Å². The van der Waals surface area contributed by atoms with Crippen LogP contribution in [0, 0.1) is 25.7 Å². The Morgan fingerprint density at radius 3 is 2.24 bits per heavy atom. The van der Waals surface area contributed by atoms with Crippen molar-refractivity contribution in [2.75, 3.05) is 18.4 Å². The first-order chi connectivity index (χ1) is 16.0. The van der Waals surface area contributed by atoms with E-state index in [0.29, 0.717) is 23.6 Å². The number of amides is 2. The van der Waals surface area contributed by atoms with Crippen molar-refractivity contribution in [3.05, 3.63) is 58.6 Å². The fraction of sp³-hybridized carbons (Fsp3) is 0.440. The molecule has 0 aliphatic carbocycles. The van der Waals surface area contributed by atoms with E-state index >= 15 is 0 Å². The normalized spacial score (nSPS) is 16.3. The number of piperidine rings is 1. The molecule has 1 atom stereocenters. The molecule has 2 N–H and O–H groups in total. The van der Waals surface area contributed by atoms with E-state index in [1.807, 2.05) is 33.8 Å². The average Bonchev–Trinajstić information content (AvgIpc) is 2.79. The molecule has 2 amide bonds. The van der Waals surface area contributed by atoms with Crippen molar-refractivity contribution in [2.45, 2.75) is 51.5 Å². The molecule has 0 bridgehead atoms. The lowest BCUT2D eigenvalue weighted by Crippen LogP contribution is -2.51. The number of nitrogens with zero attached hydrogens (tertiary/aromatic N) is 1. The zero-order valence-corrected chi connectivity index (χ0v) is 21.5. The first kappa shape index (κ1) is 26.2. The minimum absolute atomic E-state index is 0.134. The molecule has 1 heterocycles. The van der Waals surface area contributed by atoms with Gasteiger partial charge in [0.25, 0.3) is 0 Å². The molecule has 34 heavy (non-hydrogen) atoms. The van der Waals surface area contributed by atoms with Gasteiger partial charge in [0, 0.05) is 29.7 Å². The molecule has 2 aromatic rings. The molecule has 1 unspecified atom stereocenters. The minimum atomic E-state index is -3.59. The van der Waals surface area contributed by atoms with E-state index in [0.717, 1.165) is 11.1 Å². The van der Waals surface area contributed by atoms with Crippen LogP contribution in [0.25, 0.3) is 0 Å². The summed E-state index contributed by atoms with van der Waals surface area (Å²) in [6.07, 6.45) is 0.799. The Balaban J connectivity index is 1.61. The van der Waals surface area contributed by atoms with Gasteiger partial charge in [0.05, 0.1) is 4.90 Å². The van der Waals surface area contributed by atoms with Gasteiger partial charge in [-0.05, 0) is 62.4 Å². The van der Waals surface area contributed by atoms with E-state index in [9.17, 15) is 18.0 Å². The summed E-state index contributed by atoms with van der Waals surface area (Å²) in [5, 5.41) is 6.26. The molecule has 7 nitrogen and oxygen atoms in total. The second-order valence-corrected chi connectivity index (χ2v) is 11.5. The van der Waals surface area contributed by atoms with Gasteiger partial charge >= 0.3 is 0 Å². The first-order valence-electron chi connectivity index (χ1n) is 11.4. The molecule has 1 aliphatic heterocycles. The maximum absolute atomic E-state index is 13.0. The SMILES string of the molecule is Cc1ccc(S(=O)(=O)N2CCC(C(=O)NC(C(=O)Nc3cc(Cl)ccc3C)C(C)C)CC2)cc1. The van der Waals surface area contributed by atoms with E-state index in [1.165, 1.54) is 4.31 Å². The van der Waals surface area contributed by atoms with Crippen LogP contribution in [0.3, 0.4) is 0 Å². The number of benzene rings is 2. The van der Waals surface area contributed by atoms with Gasteiger partial charge in [-0.15, -0.1) is 0 Å². The van der Waals surface area contributed by atoms with Crippen molar-refractivity contribution in [1.82, 2.24) is 9.62 Å². The number of nitrogens with one attached hydrogen (secondary N) is 2. The van der Waals surface area contributed by atoms with Crippen molar-refractivity contribution < 1.29 is 18.0 Å². The first-order valence-corrected chi connectivity index (χ1v) is 13.2. The van der Waals surface area contributed by atoms with Crippen molar-refractivity contribution in [3.8, 4) is 0 Å². The number of anilines is 1. The van der Waals surface area contributed by atoms with Gasteiger partial charge in [0.15, 0.2) is 0 Å². The number of sulfonamides is 1. The third-order valence-corrected chi connectivity index (χ3v) is 8.34. The van der Waals surface area contributed by atoms with Gasteiger partial charge in [-0.1, -0.05) is 49.2 Å². The summed E-state index contributed by atoms with van der Waals surface area (Å²) in [5.41, 5.74) is 2.46. The van der Waals surface area contributed by atoms with Gasteiger partial charge in [-0.2, -0.15) is 4.31 Å². The Hall–Kier alpha value is -2.42. The molecule has 2 aromatic carbocycles. The van der Waals surface area contributed by atoms with E-state index in [-0.39, 0.29) is 41.6 Å². The predicted molar refractivity (Wildman–Crippen MR) is 134 cm³/mol. The summed E-state index contributed by atoms with van der Waals surface area (Å²) in [4.78, 5) is 26.2. The summed E-state index contributed by atoms with van der Waals surface area (Å²) < 4.78 is 27.3. The maximum atomic E-state index is 13.0. The maximum Gasteiger partial charge on any atom is 0.247 e. The van der Waals surface area contributed by atoms with Crippen LogP contribution in [-0.2, 0) is 19.6 Å². The lowest BCUT2D eigenvalue weighted by Gasteiger charge is -2.32. The highest BCUT2D eigenvalue weighted by molar-refractivity contribution is 7.89. The summed E-state index contributed by atoms with van der Waals surface area (Å²) in [5.74, 6) is -1.03. The summed E-state index contributed by atoms with van der Waals surface area (Å²) in [7, 11) is -3.59. The quantitative estimate of drug-likeness (QED) is 0.591. The van der Waals surface area contributed by atoms with Crippen LogP contribution in [0.15, 0.2) is 47.4 Å². The highest BCUT2D eigenvalue weighted by Gasteiger charge is 2.34. The van der Waals surface area contributed by atoms with E-state index in [2.05, 4.69) is 10.6 Å². The highest BCUT2D eigenvalue weighted by atomic mass is 35.5. The summed E-state index contributed by atoms with van der Waals surface area (Å²) >= 11 is 6.05. The number of hydrogen-bond acceptors (Lipinski definition) is 4. The standard InChI is InChI=1S/C25H32ClN3O4S/c1-16(2)23(25(31)27-22-15-20(26)8-7-18(22)4)28-24(30)19-11-13-29(14-12-19)34(32,33)21-9-5-17(3)6-10-21/h5-10,15-16,19,23H,11-14H2,1-4H3,(H,27,31)(H,28,30). The van der Waals surface area contributed by atoms with Crippen LogP contribution in [-0.4, -0.2) is 43.7 Å². The zero-order chi connectivity index (χ0) is 25.0. The van der Waals surface area contributed by atoms with Crippen LogP contribution >= 0.6 is 11.6 Å². The number of rotatable bonds is 7. The fourth-order valence-electron chi connectivity index (χ4n) is 3.96. The molecular formula is C25H32ClN3O4S. The average molecular weight is 506 g/mol. The molecule has 9 heteroatoms. The molecule has 1 fully saturated rings. The van der Waals surface area contributed by atoms with Crippen molar-refractivity contribution in [1.29, 1.82) is 0 Å². The van der Waals surface area contributed by atoms with Crippen LogP contribution in [0.2, 0.25) is 5.02 Å². The topological polar surface area (TPSA) is 95.6 Å². The Morgan fingerprint density at radius 1 is 1.03 bits per heavy atom. The summed E-state index contributed by atoms with van der Waals surface area (Å²) in [6.45, 7) is 8.02. The third-order valence-electron chi connectivity index (χ3n) is 6.19. The molecule has 0 spiro atoms. The summed E-state index contributed by atoms with van der Waals surface area (Å²) in [6, 6.07) is 11.3. The third kappa shape index (κ3) is 6.17. The predicted octanol–water partition coefficient (Wildman–Crippen LogP) is 4.14. The van der Waals surface area contributed by atoms with E-state index in [4.69, 9.17) is 11.6 Å². The largest absolute Gasteiger partial charge is 0.344 e. The van der Waals surface area contributed by atoms with Gasteiger partial charge in [-0.25, -0.2) is 8.42 Å². The van der Waals surface area contributed by atoms with Crippen LogP contribution < -0.4 is 10.6 Å². The lowest BCUT2D eigenvalue weighted by atomic mass is 9.95. The minimum Gasteiger partial charge on any atom is -0.344 e. The Kier molecular flexibility index (Phi) is 8.38. The molecule has 184 valence electrons. The molecule has 1 aliphatic rings. The fourth-order valence-corrected chi connectivity index (χ4v) is 5.60. The van der Waals surface area contributed by atoms with Crippen LogP contribution in [0.4, 0.5) is 5.69 Å². The molecule has 3 rings (SSSR count). The second kappa shape index (κ2) is 10.9. The molecule has 0 aromatic heterocycles. The van der Waals surface area contributed by atoms with Crippen LogP contribution in [0.5, 0.6) is 0 Å². The van der Waals surface area contributed by atoms with E-state index in [1.54, 1.807) is 36.4 Å². The van der Waals surface area contributed by atoms with Gasteiger partial charge in [0.1, 0.15) is 6.04 Å². The number of carbonyl (C=O) groups excluding carboxylic acids is 2. The van der Waals surface area contributed by atoms with Gasteiger partial charge < -0.3 is 10.6 Å². The molecular weight excluding hydrogens is 474 g/mol. The van der Waals surface area contributed by atoms with Gasteiger partial charge in [-0.3, -0.25) is 9.59 Å². The monoisotopic (exact) mass is 505 g/mol. The number of carbonyl (C=O) groups is 2. The Labute approximate surface area is 206 Å². The Morgan fingerprint density at radius 2 is 1.65 bits per heavy atom. The van der Waals surface area contributed by atoms with Crippen molar-refractivity contribution in [3.63, 3.8) is 0 Å². The van der Waals surface area contributed by atoms with Crippen molar-refractivity contribution in [2.24, 2.45) is 11.8 Å². The highest BCUT2D eigenvalue weighted by Crippen LogP contribution is 2.25. The lowest BCUT2D eigenvalue weighted by molar-refractivity contribution is -0.130.